The average molecular weight is 449 g/mol. The summed E-state index contributed by atoms with van der Waals surface area (Å²) in [5.74, 6) is 2.16. The highest BCUT2D eigenvalue weighted by Crippen LogP contribution is 2.32. The van der Waals surface area contributed by atoms with Crippen LogP contribution in [0, 0.1) is 0 Å². The van der Waals surface area contributed by atoms with E-state index < -0.39 is 0 Å². The molecule has 1 aliphatic rings. The number of hydrogen-bond donors (Lipinski definition) is 1. The Morgan fingerprint density at radius 3 is 2.67 bits per heavy atom. The van der Waals surface area contributed by atoms with Gasteiger partial charge in [0.15, 0.2) is 11.5 Å². The van der Waals surface area contributed by atoms with Crippen molar-refractivity contribution in [2.75, 3.05) is 51.9 Å². The predicted octanol–water partition coefficient (Wildman–Crippen LogP) is 4.43. The summed E-state index contributed by atoms with van der Waals surface area (Å²) in [6.45, 7) is 7.40. The number of anilines is 1. The molecule has 174 valence electrons. The topological polar surface area (TPSA) is 68.7 Å². The lowest BCUT2D eigenvalue weighted by Crippen LogP contribution is -2.37. The molecule has 4 rings (SSSR count). The molecule has 1 unspecified atom stereocenters. The second-order valence-electron chi connectivity index (χ2n) is 8.09. The second kappa shape index (κ2) is 11.6. The lowest BCUT2D eigenvalue weighted by molar-refractivity contribution is 0.0357. The molecule has 0 bridgehead atoms. The van der Waals surface area contributed by atoms with Crippen LogP contribution in [0.4, 0.5) is 5.82 Å². The van der Waals surface area contributed by atoms with Crippen molar-refractivity contribution in [2.45, 2.75) is 19.4 Å². The van der Waals surface area contributed by atoms with Crippen molar-refractivity contribution in [1.29, 1.82) is 0 Å². The highest BCUT2D eigenvalue weighted by atomic mass is 16.5. The van der Waals surface area contributed by atoms with Gasteiger partial charge in [0, 0.05) is 31.2 Å². The predicted molar refractivity (Wildman–Crippen MR) is 130 cm³/mol. The van der Waals surface area contributed by atoms with Crippen LogP contribution < -0.4 is 14.8 Å². The van der Waals surface area contributed by atoms with Crippen LogP contribution in [0.1, 0.15) is 24.9 Å². The van der Waals surface area contributed by atoms with E-state index >= 15 is 0 Å². The maximum atomic E-state index is 6.00. The molecule has 2 aromatic carbocycles. The van der Waals surface area contributed by atoms with Gasteiger partial charge in [-0.1, -0.05) is 30.3 Å². The van der Waals surface area contributed by atoms with Crippen molar-refractivity contribution in [3.8, 4) is 22.8 Å². The molecular weight excluding hydrogens is 416 g/mol. The first kappa shape index (κ1) is 23.0. The molecule has 1 N–H and O–H groups in total. The molecule has 1 fully saturated rings. The summed E-state index contributed by atoms with van der Waals surface area (Å²) in [5, 5.41) is 3.43. The molecule has 2 heterocycles. The van der Waals surface area contributed by atoms with Crippen molar-refractivity contribution < 1.29 is 14.2 Å². The van der Waals surface area contributed by atoms with Crippen LogP contribution in [0.5, 0.6) is 11.5 Å². The fourth-order valence-electron chi connectivity index (χ4n) is 3.86. The summed E-state index contributed by atoms with van der Waals surface area (Å²) < 4.78 is 17.0. The summed E-state index contributed by atoms with van der Waals surface area (Å²) in [7, 11) is 1.66. The van der Waals surface area contributed by atoms with Crippen molar-refractivity contribution in [3.05, 3.63) is 66.5 Å². The number of nitrogens with one attached hydrogen (secondary N) is 1. The standard InChI is InChI=1S/C26H32N4O3/c1-20(21-7-4-3-5-8-21)28-26-19-27-18-23(29-26)22-9-10-24(25(17-22)31-2)33-14-6-11-30-12-15-32-16-13-30/h3-5,7-10,17-20H,6,11-16H2,1-2H3,(H,28,29). The first-order valence-corrected chi connectivity index (χ1v) is 11.5. The summed E-state index contributed by atoms with van der Waals surface area (Å²) in [6.07, 6.45) is 4.46. The SMILES string of the molecule is COc1cc(-c2cncc(NC(C)c3ccccc3)n2)ccc1OCCCN1CCOCC1. The molecule has 0 saturated carbocycles. The minimum Gasteiger partial charge on any atom is -0.493 e. The Bertz CT molecular complexity index is 1010. The minimum atomic E-state index is 0.124. The summed E-state index contributed by atoms with van der Waals surface area (Å²) >= 11 is 0. The fourth-order valence-corrected chi connectivity index (χ4v) is 3.86. The van der Waals surface area contributed by atoms with Crippen molar-refractivity contribution >= 4 is 5.82 Å². The minimum absolute atomic E-state index is 0.124. The Labute approximate surface area is 195 Å². The quantitative estimate of drug-likeness (QED) is 0.460. The number of rotatable bonds is 10. The lowest BCUT2D eigenvalue weighted by Gasteiger charge is -2.26. The number of nitrogens with zero attached hydrogens (tertiary/aromatic N) is 3. The molecule has 1 aliphatic heterocycles. The summed E-state index contributed by atoms with van der Waals surface area (Å²) in [4.78, 5) is 11.5. The first-order valence-electron chi connectivity index (χ1n) is 11.5. The molecule has 0 radical (unpaired) electrons. The van der Waals surface area contributed by atoms with Gasteiger partial charge in [-0.05, 0) is 37.1 Å². The third-order valence-corrected chi connectivity index (χ3v) is 5.74. The number of methoxy groups -OCH3 is 1. The Morgan fingerprint density at radius 2 is 1.88 bits per heavy atom. The zero-order valence-corrected chi connectivity index (χ0v) is 19.4. The fraction of sp³-hybridized carbons (Fsp3) is 0.385. The summed E-state index contributed by atoms with van der Waals surface area (Å²) in [5.41, 5.74) is 2.90. The third-order valence-electron chi connectivity index (χ3n) is 5.74. The van der Waals surface area contributed by atoms with Gasteiger partial charge < -0.3 is 19.5 Å². The normalized spacial score (nSPS) is 15.1. The van der Waals surface area contributed by atoms with Gasteiger partial charge in [-0.3, -0.25) is 9.88 Å². The van der Waals surface area contributed by atoms with E-state index in [0.29, 0.717) is 12.4 Å². The van der Waals surface area contributed by atoms with E-state index in [1.165, 1.54) is 5.56 Å². The van der Waals surface area contributed by atoms with Crippen molar-refractivity contribution in [3.63, 3.8) is 0 Å². The number of aromatic nitrogens is 2. The van der Waals surface area contributed by atoms with Crippen LogP contribution in [0.2, 0.25) is 0 Å². The average Bonchev–Trinajstić information content (AvgIpc) is 2.88. The second-order valence-corrected chi connectivity index (χ2v) is 8.09. The molecule has 33 heavy (non-hydrogen) atoms. The highest BCUT2D eigenvalue weighted by Gasteiger charge is 2.12. The van der Waals surface area contributed by atoms with Crippen LogP contribution in [-0.4, -0.2) is 61.4 Å². The van der Waals surface area contributed by atoms with E-state index in [0.717, 1.165) is 62.1 Å². The third kappa shape index (κ3) is 6.43. The van der Waals surface area contributed by atoms with E-state index in [4.69, 9.17) is 19.2 Å². The largest absolute Gasteiger partial charge is 0.493 e. The molecule has 0 aliphatic carbocycles. The zero-order chi connectivity index (χ0) is 22.9. The molecule has 1 atom stereocenters. The number of benzene rings is 2. The van der Waals surface area contributed by atoms with E-state index in [2.05, 4.69) is 34.3 Å². The van der Waals surface area contributed by atoms with Crippen LogP contribution in [0.25, 0.3) is 11.3 Å². The molecule has 7 nitrogen and oxygen atoms in total. The molecule has 1 aromatic heterocycles. The van der Waals surface area contributed by atoms with E-state index in [1.807, 2.05) is 36.4 Å². The van der Waals surface area contributed by atoms with Crippen LogP contribution in [-0.2, 0) is 4.74 Å². The molecular formula is C26H32N4O3. The van der Waals surface area contributed by atoms with Crippen LogP contribution in [0.3, 0.4) is 0 Å². The van der Waals surface area contributed by atoms with Crippen molar-refractivity contribution in [1.82, 2.24) is 14.9 Å². The van der Waals surface area contributed by atoms with Crippen LogP contribution >= 0.6 is 0 Å². The summed E-state index contributed by atoms with van der Waals surface area (Å²) in [6, 6.07) is 16.3. The van der Waals surface area contributed by atoms with Gasteiger partial charge in [0.1, 0.15) is 5.82 Å². The number of hydrogen-bond acceptors (Lipinski definition) is 7. The molecule has 0 amide bonds. The van der Waals surface area contributed by atoms with Gasteiger partial charge in [-0.2, -0.15) is 0 Å². The Balaban J connectivity index is 1.38. The van der Waals surface area contributed by atoms with E-state index in [1.54, 1.807) is 19.5 Å². The molecule has 1 saturated heterocycles. The highest BCUT2D eigenvalue weighted by molar-refractivity contribution is 5.64. The van der Waals surface area contributed by atoms with E-state index in [-0.39, 0.29) is 6.04 Å². The smallest absolute Gasteiger partial charge is 0.161 e. The number of morpholine rings is 1. The Hall–Kier alpha value is -3.16. The monoisotopic (exact) mass is 448 g/mol. The first-order chi connectivity index (χ1) is 16.2. The Kier molecular flexibility index (Phi) is 8.11. The molecule has 0 spiro atoms. The van der Waals surface area contributed by atoms with Gasteiger partial charge in [0.25, 0.3) is 0 Å². The van der Waals surface area contributed by atoms with Crippen molar-refractivity contribution in [2.24, 2.45) is 0 Å². The van der Waals surface area contributed by atoms with Gasteiger partial charge in [-0.25, -0.2) is 4.98 Å². The molecule has 7 heteroatoms. The van der Waals surface area contributed by atoms with E-state index in [9.17, 15) is 0 Å². The van der Waals surface area contributed by atoms with Gasteiger partial charge in [0.05, 0.1) is 45.0 Å². The zero-order valence-electron chi connectivity index (χ0n) is 19.4. The molecule has 3 aromatic rings. The maximum Gasteiger partial charge on any atom is 0.161 e. The Morgan fingerprint density at radius 1 is 1.06 bits per heavy atom. The van der Waals surface area contributed by atoms with Gasteiger partial charge in [0.2, 0.25) is 0 Å². The van der Waals surface area contributed by atoms with Crippen LogP contribution in [0.15, 0.2) is 60.9 Å². The number of ether oxygens (including phenoxy) is 3. The van der Waals surface area contributed by atoms with Gasteiger partial charge in [-0.15, -0.1) is 0 Å². The van der Waals surface area contributed by atoms with Gasteiger partial charge >= 0.3 is 0 Å². The maximum absolute atomic E-state index is 6.00. The lowest BCUT2D eigenvalue weighted by atomic mass is 10.1.